The molecule has 0 saturated heterocycles. The number of rotatable bonds is 10. The second-order valence-corrected chi connectivity index (χ2v) is 7.30. The maximum Gasteiger partial charge on any atom is 0.221 e. The van der Waals surface area contributed by atoms with Gasteiger partial charge in [0.2, 0.25) is 11.8 Å². The van der Waals surface area contributed by atoms with Gasteiger partial charge >= 0.3 is 0 Å². The van der Waals surface area contributed by atoms with E-state index in [4.69, 9.17) is 0 Å². The molecule has 0 radical (unpaired) electrons. The third-order valence-electron chi connectivity index (χ3n) is 5.18. The van der Waals surface area contributed by atoms with Crippen LogP contribution in [0.25, 0.3) is 10.9 Å². The van der Waals surface area contributed by atoms with Crippen molar-refractivity contribution in [3.8, 4) is 0 Å². The van der Waals surface area contributed by atoms with E-state index in [2.05, 4.69) is 28.5 Å². The average Bonchev–Trinajstić information content (AvgIpc) is 3.14. The van der Waals surface area contributed by atoms with E-state index in [1.165, 1.54) is 16.5 Å². The number of aromatic nitrogens is 1. The molecule has 0 aliphatic carbocycles. The number of aromatic amines is 1. The highest BCUT2D eigenvalue weighted by molar-refractivity contribution is 5.83. The summed E-state index contributed by atoms with van der Waals surface area (Å²) in [5, 5.41) is 4.17. The van der Waals surface area contributed by atoms with Gasteiger partial charge in [-0.2, -0.15) is 0 Å². The van der Waals surface area contributed by atoms with E-state index in [0.29, 0.717) is 26.1 Å². The minimum Gasteiger partial charge on any atom is -0.361 e. The normalized spacial score (nSPS) is 10.8. The van der Waals surface area contributed by atoms with E-state index in [1.54, 1.807) is 11.8 Å². The molecule has 0 bridgehead atoms. The Labute approximate surface area is 172 Å². The highest BCUT2D eigenvalue weighted by atomic mass is 16.2. The third-order valence-corrected chi connectivity index (χ3v) is 5.18. The van der Waals surface area contributed by atoms with Crippen LogP contribution in [0.15, 0.2) is 60.8 Å². The Kier molecular flexibility index (Phi) is 7.45. The predicted molar refractivity (Wildman–Crippen MR) is 117 cm³/mol. The first-order chi connectivity index (χ1) is 14.1. The Hall–Kier alpha value is -3.08. The van der Waals surface area contributed by atoms with Crippen molar-refractivity contribution < 1.29 is 9.59 Å². The minimum atomic E-state index is -0.0147. The van der Waals surface area contributed by atoms with Crippen molar-refractivity contribution in [2.24, 2.45) is 0 Å². The van der Waals surface area contributed by atoms with Crippen molar-refractivity contribution in [3.63, 3.8) is 0 Å². The second-order valence-electron chi connectivity index (χ2n) is 7.30. The zero-order valence-corrected chi connectivity index (χ0v) is 17.0. The molecular formula is C24H29N3O2. The minimum absolute atomic E-state index is 0.0147. The van der Waals surface area contributed by atoms with Crippen LogP contribution in [0, 0.1) is 0 Å². The van der Waals surface area contributed by atoms with Gasteiger partial charge in [-0.1, -0.05) is 48.5 Å². The lowest BCUT2D eigenvalue weighted by molar-refractivity contribution is -0.129. The van der Waals surface area contributed by atoms with Crippen molar-refractivity contribution in [2.45, 2.75) is 32.6 Å². The lowest BCUT2D eigenvalue weighted by Gasteiger charge is -2.20. The highest BCUT2D eigenvalue weighted by Crippen LogP contribution is 2.17. The summed E-state index contributed by atoms with van der Waals surface area (Å²) in [6.07, 6.45) is 4.94. The maximum atomic E-state index is 12.2. The smallest absolute Gasteiger partial charge is 0.221 e. The summed E-state index contributed by atoms with van der Waals surface area (Å²) in [6, 6.07) is 18.4. The number of nitrogens with zero attached hydrogens (tertiary/aromatic N) is 1. The Balaban J connectivity index is 1.37. The number of hydrogen-bond donors (Lipinski definition) is 2. The molecule has 1 aromatic heterocycles. The summed E-state index contributed by atoms with van der Waals surface area (Å²) >= 11 is 0. The number of para-hydroxylation sites is 1. The number of nitrogens with one attached hydrogen (secondary N) is 2. The van der Waals surface area contributed by atoms with E-state index in [-0.39, 0.29) is 11.8 Å². The molecule has 0 unspecified atom stereocenters. The van der Waals surface area contributed by atoms with Gasteiger partial charge in [0.05, 0.1) is 0 Å². The number of carbonyl (C=O) groups excluding carboxylic acids is 2. The fourth-order valence-corrected chi connectivity index (χ4v) is 3.55. The molecule has 2 aromatic carbocycles. The van der Waals surface area contributed by atoms with Crippen LogP contribution in [0.4, 0.5) is 0 Å². The van der Waals surface area contributed by atoms with Crippen LogP contribution in [0.5, 0.6) is 0 Å². The number of carbonyl (C=O) groups is 2. The molecule has 5 nitrogen and oxygen atoms in total. The number of benzene rings is 2. The zero-order chi connectivity index (χ0) is 20.5. The van der Waals surface area contributed by atoms with Gasteiger partial charge in [-0.3, -0.25) is 9.59 Å². The van der Waals surface area contributed by atoms with Crippen LogP contribution in [0.3, 0.4) is 0 Å². The van der Waals surface area contributed by atoms with Crippen LogP contribution in [0.2, 0.25) is 0 Å². The zero-order valence-electron chi connectivity index (χ0n) is 17.0. The van der Waals surface area contributed by atoms with Gasteiger partial charge in [0.1, 0.15) is 0 Å². The maximum absolute atomic E-state index is 12.2. The number of fused-ring (bicyclic) bond motifs is 1. The lowest BCUT2D eigenvalue weighted by atomic mass is 10.1. The van der Waals surface area contributed by atoms with E-state index < -0.39 is 0 Å². The number of amides is 2. The fraction of sp³-hybridized carbons (Fsp3) is 0.333. The first-order valence-electron chi connectivity index (χ1n) is 10.2. The van der Waals surface area contributed by atoms with Gasteiger partial charge in [0.25, 0.3) is 0 Å². The molecule has 152 valence electrons. The fourth-order valence-electron chi connectivity index (χ4n) is 3.55. The molecule has 5 heteroatoms. The number of hydrogen-bond acceptors (Lipinski definition) is 2. The predicted octanol–water partition coefficient (Wildman–Crippen LogP) is 3.70. The Bertz CT molecular complexity index is 933. The van der Waals surface area contributed by atoms with E-state index in [9.17, 15) is 9.59 Å². The molecule has 0 fully saturated rings. The highest BCUT2D eigenvalue weighted by Gasteiger charge is 2.11. The second kappa shape index (κ2) is 10.5. The molecule has 3 aromatic rings. The van der Waals surface area contributed by atoms with E-state index in [1.807, 2.05) is 42.6 Å². The summed E-state index contributed by atoms with van der Waals surface area (Å²) in [4.78, 5) is 29.1. The molecule has 0 saturated carbocycles. The summed E-state index contributed by atoms with van der Waals surface area (Å²) in [6.45, 7) is 3.29. The van der Waals surface area contributed by atoms with Gasteiger partial charge in [-0.05, 0) is 36.5 Å². The average molecular weight is 392 g/mol. The largest absolute Gasteiger partial charge is 0.361 e. The van der Waals surface area contributed by atoms with Crippen LogP contribution >= 0.6 is 0 Å². The summed E-state index contributed by atoms with van der Waals surface area (Å²) in [5.41, 5.74) is 3.58. The van der Waals surface area contributed by atoms with E-state index in [0.717, 1.165) is 24.8 Å². The number of aryl methyl sites for hydroxylation is 1. The van der Waals surface area contributed by atoms with Crippen molar-refractivity contribution in [3.05, 3.63) is 71.9 Å². The van der Waals surface area contributed by atoms with E-state index >= 15 is 0 Å². The van der Waals surface area contributed by atoms with Crippen LogP contribution < -0.4 is 5.32 Å². The summed E-state index contributed by atoms with van der Waals surface area (Å²) in [7, 11) is 0. The van der Waals surface area contributed by atoms with Crippen molar-refractivity contribution >= 4 is 22.7 Å². The molecule has 0 spiro atoms. The number of H-pyrrole nitrogens is 1. The van der Waals surface area contributed by atoms with Gasteiger partial charge in [0.15, 0.2) is 0 Å². The molecule has 0 aliphatic heterocycles. The Morgan fingerprint density at radius 3 is 2.52 bits per heavy atom. The van der Waals surface area contributed by atoms with Gasteiger partial charge in [-0.15, -0.1) is 0 Å². The van der Waals surface area contributed by atoms with Gasteiger partial charge in [0, 0.05) is 50.1 Å². The molecule has 3 rings (SSSR count). The lowest BCUT2D eigenvalue weighted by Crippen LogP contribution is -2.35. The standard InChI is InChI=1S/C24H29N3O2/c1-19(28)27(16-7-10-20-8-3-2-4-9-20)17-14-24(29)25-15-13-21-18-26-23-12-6-5-11-22(21)23/h2-6,8-9,11-12,18,26H,7,10,13-17H2,1H3,(H,25,29). The molecule has 2 N–H and O–H groups in total. The first kappa shape index (κ1) is 20.6. The van der Waals surface area contributed by atoms with Crippen molar-refractivity contribution in [2.75, 3.05) is 19.6 Å². The topological polar surface area (TPSA) is 65.2 Å². The quantitative estimate of drug-likeness (QED) is 0.553. The van der Waals surface area contributed by atoms with Gasteiger partial charge in [-0.25, -0.2) is 0 Å². The van der Waals surface area contributed by atoms with Crippen LogP contribution in [-0.4, -0.2) is 41.3 Å². The monoisotopic (exact) mass is 391 g/mol. The molecule has 2 amide bonds. The molecule has 1 heterocycles. The summed E-state index contributed by atoms with van der Waals surface area (Å²) < 4.78 is 0. The SMILES string of the molecule is CC(=O)N(CCCc1ccccc1)CCC(=O)NCCc1c[nH]c2ccccc12. The third kappa shape index (κ3) is 6.21. The Morgan fingerprint density at radius 1 is 0.966 bits per heavy atom. The Morgan fingerprint density at radius 2 is 1.72 bits per heavy atom. The molecular weight excluding hydrogens is 362 g/mol. The van der Waals surface area contributed by atoms with Crippen molar-refractivity contribution in [1.82, 2.24) is 15.2 Å². The van der Waals surface area contributed by atoms with Gasteiger partial charge < -0.3 is 15.2 Å². The molecule has 0 aliphatic rings. The summed E-state index contributed by atoms with van der Waals surface area (Å²) in [5.74, 6) is 0.00352. The van der Waals surface area contributed by atoms with Crippen LogP contribution in [-0.2, 0) is 22.4 Å². The van der Waals surface area contributed by atoms with Crippen molar-refractivity contribution in [1.29, 1.82) is 0 Å². The molecule has 0 atom stereocenters. The van der Waals surface area contributed by atoms with Crippen LogP contribution in [0.1, 0.15) is 30.9 Å². The molecule has 29 heavy (non-hydrogen) atoms. The first-order valence-corrected chi connectivity index (χ1v) is 10.2.